The zero-order chi connectivity index (χ0) is 5.91. The van der Waals surface area contributed by atoms with E-state index < -0.39 is 4.92 Å². The van der Waals surface area contributed by atoms with E-state index in [1.54, 1.807) is 0 Å². The fourth-order valence-electron chi connectivity index (χ4n) is 0.0577. The first kappa shape index (κ1) is 6.48. The second-order valence-electron chi connectivity index (χ2n) is 1.09. The average Bonchev–Trinajstić information content (AvgIpc) is 1.68. The molecular formula is C2H7N2O3+. The van der Waals surface area contributed by atoms with Gasteiger partial charge in [-0.05, 0) is 6.92 Å². The van der Waals surface area contributed by atoms with Crippen molar-refractivity contribution in [3.05, 3.63) is 4.91 Å². The minimum absolute atomic E-state index is 0.135. The van der Waals surface area contributed by atoms with Crippen LogP contribution >= 0.6 is 0 Å². The van der Waals surface area contributed by atoms with Crippen molar-refractivity contribution in [2.45, 2.75) is 6.92 Å². The molecule has 0 heterocycles. The van der Waals surface area contributed by atoms with E-state index in [2.05, 4.69) is 0 Å². The van der Waals surface area contributed by atoms with Gasteiger partial charge in [0.25, 0.3) is 0 Å². The second-order valence-corrected chi connectivity index (χ2v) is 1.09. The predicted molar refractivity (Wildman–Crippen MR) is 20.2 cm³/mol. The standard InChI is InChI=1S/C2H7N2O3/c1-2-4(6,7)3-5/h6-7H,2H2,1H3/q+1. The lowest BCUT2D eigenvalue weighted by atomic mass is 10.8. The van der Waals surface area contributed by atoms with Crippen LogP contribution in [-0.2, 0) is 0 Å². The van der Waals surface area contributed by atoms with Crippen molar-refractivity contribution in [3.63, 3.8) is 0 Å². The number of hydrogen-bond acceptors (Lipinski definition) is 4. The van der Waals surface area contributed by atoms with E-state index in [4.69, 9.17) is 10.4 Å². The fourth-order valence-corrected chi connectivity index (χ4v) is 0.0577. The fraction of sp³-hybridized carbons (Fsp3) is 1.00. The minimum atomic E-state index is -1.79. The molecule has 5 heteroatoms. The van der Waals surface area contributed by atoms with Crippen molar-refractivity contribution in [3.8, 4) is 0 Å². The molecule has 0 rings (SSSR count). The van der Waals surface area contributed by atoms with E-state index in [0.29, 0.717) is 0 Å². The predicted octanol–water partition coefficient (Wildman–Crippen LogP) is 0.283. The summed E-state index contributed by atoms with van der Waals surface area (Å²) in [5.74, 6) is 0. The maximum atomic E-state index is 9.28. The number of hydrogen-bond donors (Lipinski definition) is 2. The zero-order valence-corrected chi connectivity index (χ0v) is 3.90. The van der Waals surface area contributed by atoms with Crippen LogP contribution in [0.1, 0.15) is 6.92 Å². The van der Waals surface area contributed by atoms with Crippen LogP contribution in [0.15, 0.2) is 5.29 Å². The summed E-state index contributed by atoms with van der Waals surface area (Å²) in [6.07, 6.45) is 0. The Morgan fingerprint density at radius 2 is 2.14 bits per heavy atom. The number of quaternary nitrogens is 1. The van der Waals surface area contributed by atoms with Gasteiger partial charge in [-0.1, -0.05) is 4.91 Å². The Hall–Kier alpha value is -0.520. The van der Waals surface area contributed by atoms with Gasteiger partial charge >= 0.3 is 0 Å². The van der Waals surface area contributed by atoms with Gasteiger partial charge in [0, 0.05) is 0 Å². The Bertz CT molecular complexity index is 71.3. The molecule has 0 bridgehead atoms. The van der Waals surface area contributed by atoms with Gasteiger partial charge in [0.15, 0.2) is 6.54 Å². The lowest BCUT2D eigenvalue weighted by Crippen LogP contribution is -2.33. The van der Waals surface area contributed by atoms with Crippen LogP contribution in [0.4, 0.5) is 0 Å². The molecule has 5 nitrogen and oxygen atoms in total. The molecule has 0 aromatic rings. The van der Waals surface area contributed by atoms with Gasteiger partial charge in [-0.3, -0.25) is 0 Å². The molecule has 0 saturated heterocycles. The van der Waals surface area contributed by atoms with Crippen LogP contribution < -0.4 is 0 Å². The summed E-state index contributed by atoms with van der Waals surface area (Å²) >= 11 is 0. The van der Waals surface area contributed by atoms with Gasteiger partial charge in [-0.15, -0.1) is 10.4 Å². The summed E-state index contributed by atoms with van der Waals surface area (Å²) in [4.78, 5) is 7.49. The molecule has 2 N–H and O–H groups in total. The molecule has 0 aromatic carbocycles. The van der Waals surface area contributed by atoms with Crippen molar-refractivity contribution < 1.29 is 15.3 Å². The number of rotatable bonds is 2. The Morgan fingerprint density at radius 1 is 1.71 bits per heavy atom. The van der Waals surface area contributed by atoms with Crippen molar-refractivity contribution in [2.75, 3.05) is 6.54 Å². The van der Waals surface area contributed by atoms with Crippen molar-refractivity contribution in [2.24, 2.45) is 5.29 Å². The second kappa shape index (κ2) is 1.97. The molecule has 0 spiro atoms. The molecule has 0 saturated carbocycles. The topological polar surface area (TPSA) is 69.9 Å². The smallest absolute Gasteiger partial charge is 0.150 e. The van der Waals surface area contributed by atoms with E-state index in [1.807, 2.05) is 5.29 Å². The summed E-state index contributed by atoms with van der Waals surface area (Å²) in [6, 6.07) is 0. The molecule has 0 unspecified atom stereocenters. The molecule has 0 aromatic heterocycles. The van der Waals surface area contributed by atoms with Crippen LogP contribution in [0.3, 0.4) is 0 Å². The highest BCUT2D eigenvalue weighted by Gasteiger charge is 2.19. The van der Waals surface area contributed by atoms with Crippen LogP contribution in [0.25, 0.3) is 0 Å². The van der Waals surface area contributed by atoms with Gasteiger partial charge in [-0.25, -0.2) is 0 Å². The Kier molecular flexibility index (Phi) is 1.82. The third kappa shape index (κ3) is 2.21. The van der Waals surface area contributed by atoms with Gasteiger partial charge in [0.05, 0.1) is 0 Å². The first-order valence-electron chi connectivity index (χ1n) is 1.81. The van der Waals surface area contributed by atoms with Gasteiger partial charge < -0.3 is 0 Å². The Balaban J connectivity index is 3.58. The van der Waals surface area contributed by atoms with Gasteiger partial charge in [0.2, 0.25) is 5.29 Å². The van der Waals surface area contributed by atoms with Crippen LogP contribution in [0.5, 0.6) is 0 Å². The SMILES string of the molecule is CC[N+](O)(O)N=O. The lowest BCUT2D eigenvalue weighted by molar-refractivity contribution is -1.25. The molecule has 0 fully saturated rings. The van der Waals surface area contributed by atoms with E-state index in [-0.39, 0.29) is 6.54 Å². The van der Waals surface area contributed by atoms with E-state index in [9.17, 15) is 4.91 Å². The highest BCUT2D eigenvalue weighted by molar-refractivity contribution is 3.99. The number of nitrogens with zero attached hydrogens (tertiary/aromatic N) is 2. The largest absolute Gasteiger partial charge is 0.226 e. The molecule has 0 aliphatic rings. The highest BCUT2D eigenvalue weighted by atomic mass is 16.9. The van der Waals surface area contributed by atoms with Crippen molar-refractivity contribution in [1.29, 1.82) is 0 Å². The molecule has 0 aliphatic carbocycles. The van der Waals surface area contributed by atoms with E-state index in [1.165, 1.54) is 6.92 Å². The van der Waals surface area contributed by atoms with Crippen molar-refractivity contribution in [1.82, 2.24) is 0 Å². The molecule has 0 amide bonds. The number of hydroxylamine groups is 2. The van der Waals surface area contributed by atoms with Gasteiger partial charge in [0.1, 0.15) is 4.92 Å². The molecule has 42 valence electrons. The maximum Gasteiger partial charge on any atom is 0.226 e. The van der Waals surface area contributed by atoms with Gasteiger partial charge in [-0.2, -0.15) is 0 Å². The van der Waals surface area contributed by atoms with Crippen molar-refractivity contribution >= 4 is 0 Å². The first-order chi connectivity index (χ1) is 3.12. The Morgan fingerprint density at radius 3 is 2.14 bits per heavy atom. The summed E-state index contributed by atoms with van der Waals surface area (Å²) < 4.78 is 0. The Labute approximate surface area is 40.2 Å². The van der Waals surface area contributed by atoms with E-state index >= 15 is 0 Å². The van der Waals surface area contributed by atoms with Crippen LogP contribution in [0.2, 0.25) is 0 Å². The average molecular weight is 107 g/mol. The van der Waals surface area contributed by atoms with Crippen LogP contribution in [0, 0.1) is 4.91 Å². The van der Waals surface area contributed by atoms with Crippen LogP contribution in [-0.4, -0.2) is 21.9 Å². The molecule has 0 radical (unpaired) electrons. The minimum Gasteiger partial charge on any atom is -0.150 e. The molecular weight excluding hydrogens is 100 g/mol. The lowest BCUT2D eigenvalue weighted by Gasteiger charge is -2.03. The molecule has 0 aliphatic heterocycles. The van der Waals surface area contributed by atoms with E-state index in [0.717, 1.165) is 0 Å². The third-order valence-electron chi connectivity index (χ3n) is 0.555. The normalized spacial score (nSPS) is 11.3. The third-order valence-corrected chi connectivity index (χ3v) is 0.555. The highest BCUT2D eigenvalue weighted by Crippen LogP contribution is 1.91. The molecule has 0 atom stereocenters. The molecule has 7 heavy (non-hydrogen) atoms. The monoisotopic (exact) mass is 107 g/mol. The summed E-state index contributed by atoms with van der Waals surface area (Å²) in [5.41, 5.74) is 0. The summed E-state index contributed by atoms with van der Waals surface area (Å²) in [6.45, 7) is 1.28. The number of nitroso groups, excluding NO2 is 1. The maximum absolute atomic E-state index is 9.28. The summed E-state index contributed by atoms with van der Waals surface area (Å²) in [7, 11) is 0. The quantitative estimate of drug-likeness (QED) is 0.302. The zero-order valence-electron chi connectivity index (χ0n) is 3.90. The summed E-state index contributed by atoms with van der Waals surface area (Å²) in [5, 5.41) is 18.2. The first-order valence-corrected chi connectivity index (χ1v) is 1.81.